The molecule has 2 aromatic carbocycles. The molecule has 0 radical (unpaired) electrons. The van der Waals surface area contributed by atoms with E-state index in [0.29, 0.717) is 110 Å². The fraction of sp³-hybridized carbons (Fsp3) is 0.567. The number of nitrogens with one attached hydrogen (secondary N) is 4. The molecule has 8 atom stereocenters. The number of ether oxygens (including phenoxy) is 3. The summed E-state index contributed by atoms with van der Waals surface area (Å²) in [4.78, 5) is 71.8. The number of aromatic nitrogens is 2. The Morgan fingerprint density at radius 3 is 1.48 bits per heavy atom. The van der Waals surface area contributed by atoms with Gasteiger partial charge in [0.25, 0.3) is 5.91 Å². The molecule has 88 heavy (non-hydrogen) atoms. The van der Waals surface area contributed by atoms with Crippen LogP contribution in [0.2, 0.25) is 0 Å². The van der Waals surface area contributed by atoms with E-state index in [1.165, 1.54) is 6.20 Å². The number of fused-ring (bicyclic) bond motifs is 4. The van der Waals surface area contributed by atoms with Crippen molar-refractivity contribution >= 4 is 35.6 Å². The van der Waals surface area contributed by atoms with Gasteiger partial charge in [-0.15, -0.1) is 0 Å². The zero-order valence-electron chi connectivity index (χ0n) is 49.2. The molecule has 4 amide bonds. The van der Waals surface area contributed by atoms with Crippen molar-refractivity contribution in [1.82, 2.24) is 46.2 Å². The molecular formula is C60H73F8N11O9. The predicted molar refractivity (Wildman–Crippen MR) is 304 cm³/mol. The Balaban J connectivity index is 0.919. The van der Waals surface area contributed by atoms with Crippen molar-refractivity contribution in [3.05, 3.63) is 95.8 Å². The molecule has 20 nitrogen and oxygen atoms in total. The number of carbonyl (C=O) groups excluding carboxylic acids is 3. The number of carbonyl (C=O) groups is 4. The molecule has 2 aromatic heterocycles. The lowest BCUT2D eigenvalue weighted by molar-refractivity contribution is -0.221. The van der Waals surface area contributed by atoms with Gasteiger partial charge in [-0.25, -0.2) is 33.3 Å². The molecule has 0 saturated carbocycles. The van der Waals surface area contributed by atoms with Crippen molar-refractivity contribution in [3.63, 3.8) is 0 Å². The first-order valence-electron chi connectivity index (χ1n) is 29.3. The molecule has 0 aliphatic carbocycles. The third-order valence-electron chi connectivity index (χ3n) is 18.5. The van der Waals surface area contributed by atoms with Gasteiger partial charge in [0.1, 0.15) is 35.4 Å². The summed E-state index contributed by atoms with van der Waals surface area (Å²) in [7, 11) is 0.851. The quantitative estimate of drug-likeness (QED) is 0.0379. The van der Waals surface area contributed by atoms with E-state index in [0.717, 1.165) is 90.1 Å². The number of halogens is 8. The Labute approximate surface area is 503 Å². The Bertz CT molecular complexity index is 3100. The standard InChI is InChI=1S/C60H73F8N11O9/c1-57(2,59(63,64)65)51(73-56(85)86-5)53(81)71-47(18-33-6-8-34(9-7-33)35-10-16-49(69-21-35)75-23-38-12-13-39(24-75)78(38)42-29-87-30-42)48(80)28-77(74-54(82)52(72-55(83)84)58(3,4)60(66,67)68)27-44-45(61)19-37(20-46(44)62)36-11-17-50(70-22-36)76-25-40-14-15-41(26-76)79(40)43-31-88-32-43/h6-11,16-17,19-22,38-43,47-48,51-52,72,80H,12-15,18,23-32H2,1-5H3,(H,71,81)(H,73,85)(H,74,82)(H,83,84)/t38?,39?,40?,41?,47-,48-,51+,52+/m0/s1. The number of aliphatic hydroxyl groups is 1. The molecular weight excluding hydrogens is 1170 g/mol. The number of anilines is 2. The second kappa shape index (κ2) is 25.5. The molecule has 478 valence electrons. The third-order valence-corrected chi connectivity index (χ3v) is 18.5. The van der Waals surface area contributed by atoms with Crippen LogP contribution in [0, 0.1) is 22.5 Å². The Kier molecular flexibility index (Phi) is 18.5. The lowest BCUT2D eigenvalue weighted by atomic mass is 9.82. The van der Waals surface area contributed by atoms with Crippen LogP contribution in [-0.4, -0.2) is 198 Å². The van der Waals surface area contributed by atoms with Crippen LogP contribution in [0.25, 0.3) is 22.3 Å². The summed E-state index contributed by atoms with van der Waals surface area (Å²) >= 11 is 0. The van der Waals surface area contributed by atoms with Gasteiger partial charge in [-0.05, 0) is 113 Å². The van der Waals surface area contributed by atoms with Crippen LogP contribution >= 0.6 is 0 Å². The number of carboxylic acid groups (broad SMARTS) is 1. The molecule has 6 aliphatic rings. The molecule has 6 N–H and O–H groups in total. The maximum absolute atomic E-state index is 16.6. The zero-order chi connectivity index (χ0) is 63.2. The molecule has 8 heterocycles. The number of nitrogens with zero attached hydrogens (tertiary/aromatic N) is 7. The number of rotatable bonds is 21. The monoisotopic (exact) mass is 1240 g/mol. The fourth-order valence-corrected chi connectivity index (χ4v) is 13.0. The Morgan fingerprint density at radius 1 is 0.636 bits per heavy atom. The highest BCUT2D eigenvalue weighted by Gasteiger charge is 2.57. The summed E-state index contributed by atoms with van der Waals surface area (Å²) in [6.45, 7) is 6.18. The molecule has 6 fully saturated rings. The minimum absolute atomic E-state index is 0.0240. The molecule has 28 heteroatoms. The van der Waals surface area contributed by atoms with Gasteiger partial charge in [-0.2, -0.15) is 26.3 Å². The highest BCUT2D eigenvalue weighted by Crippen LogP contribution is 2.43. The summed E-state index contributed by atoms with van der Waals surface area (Å²) in [5.41, 5.74) is -2.81. The van der Waals surface area contributed by atoms with E-state index in [1.807, 2.05) is 17.4 Å². The predicted octanol–water partition coefficient (Wildman–Crippen LogP) is 6.65. The van der Waals surface area contributed by atoms with Crippen molar-refractivity contribution in [1.29, 1.82) is 0 Å². The van der Waals surface area contributed by atoms with E-state index < -0.39 is 108 Å². The third kappa shape index (κ3) is 13.5. The average Bonchev–Trinajstić information content (AvgIpc) is 1.59. The molecule has 6 aliphatic heterocycles. The SMILES string of the molecule is COC(=O)N[C@H](C(=O)N[C@@H](Cc1ccc(-c2ccc(N3CC4CCC(C3)N4C3COC3)nc2)cc1)[C@@H](O)CN(Cc1c(F)cc(-c2ccc(N3CC4CCC(C3)N4C3COC3)nc2)cc1F)NC(=O)[C@@H](NC(=O)O)C(C)(C)C(F)(F)F)C(C)(C)C(F)(F)F. The van der Waals surface area contributed by atoms with Crippen LogP contribution in [0.5, 0.6) is 0 Å². The van der Waals surface area contributed by atoms with Crippen LogP contribution < -0.4 is 31.2 Å². The van der Waals surface area contributed by atoms with Crippen LogP contribution in [0.1, 0.15) is 64.5 Å². The highest BCUT2D eigenvalue weighted by atomic mass is 19.4. The number of pyridine rings is 2. The number of benzene rings is 2. The summed E-state index contributed by atoms with van der Waals surface area (Å²) in [5, 5.41) is 28.3. The first-order valence-corrected chi connectivity index (χ1v) is 29.3. The zero-order valence-corrected chi connectivity index (χ0v) is 49.2. The largest absolute Gasteiger partial charge is 0.465 e. The first-order chi connectivity index (χ1) is 41.6. The van der Waals surface area contributed by atoms with E-state index in [9.17, 15) is 55.7 Å². The maximum atomic E-state index is 16.6. The number of hydrazine groups is 1. The van der Waals surface area contributed by atoms with E-state index in [1.54, 1.807) is 47.9 Å². The summed E-state index contributed by atoms with van der Waals surface area (Å²) in [6, 6.07) is 11.1. The molecule has 4 unspecified atom stereocenters. The molecule has 4 bridgehead atoms. The van der Waals surface area contributed by atoms with Crippen molar-refractivity contribution in [2.75, 3.05) is 76.1 Å². The van der Waals surface area contributed by atoms with Gasteiger partial charge in [0.15, 0.2) is 0 Å². The fourth-order valence-electron chi connectivity index (χ4n) is 13.0. The second-order valence-electron chi connectivity index (χ2n) is 24.9. The minimum Gasteiger partial charge on any atom is -0.465 e. The molecule has 10 rings (SSSR count). The summed E-state index contributed by atoms with van der Waals surface area (Å²) in [5.74, 6) is -4.20. The average molecular weight is 1240 g/mol. The number of aliphatic hydroxyl groups excluding tert-OH is 1. The number of methoxy groups -OCH3 is 1. The number of hydrogen-bond donors (Lipinski definition) is 6. The van der Waals surface area contributed by atoms with E-state index in [-0.39, 0.29) is 5.56 Å². The second-order valence-corrected chi connectivity index (χ2v) is 24.9. The van der Waals surface area contributed by atoms with Gasteiger partial charge in [-0.3, -0.25) is 24.8 Å². The van der Waals surface area contributed by atoms with E-state index in [2.05, 4.69) is 40.1 Å². The van der Waals surface area contributed by atoms with Gasteiger partial charge < -0.3 is 50.2 Å². The highest BCUT2D eigenvalue weighted by molar-refractivity contribution is 5.87. The number of amides is 4. The van der Waals surface area contributed by atoms with Crippen molar-refractivity contribution < 1.29 is 78.7 Å². The smallest absolute Gasteiger partial charge is 0.407 e. The topological polar surface area (TPSA) is 227 Å². The Morgan fingerprint density at radius 2 is 1.08 bits per heavy atom. The maximum Gasteiger partial charge on any atom is 0.407 e. The van der Waals surface area contributed by atoms with Gasteiger partial charge in [-0.1, -0.05) is 24.3 Å². The van der Waals surface area contributed by atoms with Gasteiger partial charge >= 0.3 is 24.5 Å². The first kappa shape index (κ1) is 64.0. The van der Waals surface area contributed by atoms with Crippen molar-refractivity contribution in [2.45, 2.75) is 139 Å². The minimum atomic E-state index is -5.24. The van der Waals surface area contributed by atoms with Crippen LogP contribution in [0.15, 0.2) is 73.1 Å². The van der Waals surface area contributed by atoms with Crippen molar-refractivity contribution in [3.8, 4) is 22.3 Å². The van der Waals surface area contributed by atoms with Gasteiger partial charge in [0.05, 0.1) is 68.6 Å². The lowest BCUT2D eigenvalue weighted by Crippen LogP contribution is -2.63. The van der Waals surface area contributed by atoms with E-state index in [4.69, 9.17) is 14.5 Å². The Hall–Kier alpha value is -6.98. The molecule has 4 aromatic rings. The molecule has 6 saturated heterocycles. The molecule has 0 spiro atoms. The van der Waals surface area contributed by atoms with Crippen LogP contribution in [0.3, 0.4) is 0 Å². The normalized spacial score (nSPS) is 22.5. The van der Waals surface area contributed by atoms with E-state index >= 15 is 8.78 Å². The number of piperazine rings is 2. The number of hydrogen-bond acceptors (Lipinski definition) is 15. The van der Waals surface area contributed by atoms with Crippen molar-refractivity contribution in [2.24, 2.45) is 10.8 Å². The summed E-state index contributed by atoms with van der Waals surface area (Å²) in [6.07, 6.45) is -8.99. The van der Waals surface area contributed by atoms with Gasteiger partial charge in [0, 0.05) is 92.5 Å². The number of alkyl halides is 6. The summed E-state index contributed by atoms with van der Waals surface area (Å²) < 4.78 is 136. The lowest BCUT2D eigenvalue weighted by Gasteiger charge is -2.48. The number of alkyl carbamates (subject to hydrolysis) is 1. The van der Waals surface area contributed by atoms with Crippen LogP contribution in [-0.2, 0) is 36.8 Å². The van der Waals surface area contributed by atoms with Gasteiger partial charge in [0.2, 0.25) is 5.91 Å². The van der Waals surface area contributed by atoms with Crippen LogP contribution in [0.4, 0.5) is 56.3 Å².